The molecule has 0 spiro atoms. The molecule has 1 atom stereocenters. The normalized spacial score (nSPS) is 12.0. The highest BCUT2D eigenvalue weighted by Gasteiger charge is 2.11. The van der Waals surface area contributed by atoms with E-state index < -0.39 is 5.82 Å². The highest BCUT2D eigenvalue weighted by molar-refractivity contribution is 5.76. The quantitative estimate of drug-likeness (QED) is 0.742. The molecular formula is C14H21FN2O3. The molecule has 1 unspecified atom stereocenters. The molecule has 0 radical (unpaired) electrons. The molecule has 3 N–H and O–H groups in total. The van der Waals surface area contributed by atoms with Crippen LogP contribution >= 0.6 is 0 Å². The second kappa shape index (κ2) is 8.50. The second-order valence-electron chi connectivity index (χ2n) is 4.37. The smallest absolute Gasteiger partial charge is 0.222 e. The standard InChI is InChI=1S/C14H21FN2O3/c1-19-11(9-16)8-14(18)17-6-5-10-3-4-13(20-2)12(15)7-10/h3-4,7,11H,5-6,8-9,16H2,1-2H3,(H,17,18). The molecule has 1 aromatic rings. The van der Waals surface area contributed by atoms with E-state index >= 15 is 0 Å². The van der Waals surface area contributed by atoms with Crippen molar-refractivity contribution in [1.29, 1.82) is 0 Å². The number of hydrogen-bond acceptors (Lipinski definition) is 4. The van der Waals surface area contributed by atoms with E-state index in [1.165, 1.54) is 20.3 Å². The summed E-state index contributed by atoms with van der Waals surface area (Å²) in [5.41, 5.74) is 6.23. The number of methoxy groups -OCH3 is 2. The highest BCUT2D eigenvalue weighted by Crippen LogP contribution is 2.17. The van der Waals surface area contributed by atoms with Crippen LogP contribution in [-0.4, -0.2) is 39.3 Å². The minimum atomic E-state index is -0.404. The minimum Gasteiger partial charge on any atom is -0.494 e. The predicted octanol–water partition coefficient (Wildman–Crippen LogP) is 0.857. The summed E-state index contributed by atoms with van der Waals surface area (Å²) in [6.45, 7) is 0.735. The van der Waals surface area contributed by atoms with E-state index in [9.17, 15) is 9.18 Å². The summed E-state index contributed by atoms with van der Waals surface area (Å²) >= 11 is 0. The van der Waals surface area contributed by atoms with Crippen LogP contribution in [0.15, 0.2) is 18.2 Å². The summed E-state index contributed by atoms with van der Waals surface area (Å²) in [6.07, 6.45) is 0.505. The number of halogens is 1. The van der Waals surface area contributed by atoms with Crippen molar-refractivity contribution in [1.82, 2.24) is 5.32 Å². The van der Waals surface area contributed by atoms with Gasteiger partial charge >= 0.3 is 0 Å². The summed E-state index contributed by atoms with van der Waals surface area (Å²) in [5, 5.41) is 2.75. The van der Waals surface area contributed by atoms with E-state index in [1.807, 2.05) is 0 Å². The maximum absolute atomic E-state index is 13.5. The fraction of sp³-hybridized carbons (Fsp3) is 0.500. The van der Waals surface area contributed by atoms with Crippen molar-refractivity contribution in [2.75, 3.05) is 27.3 Å². The number of nitrogens with one attached hydrogen (secondary N) is 1. The third-order valence-electron chi connectivity index (χ3n) is 2.96. The number of benzene rings is 1. The van der Waals surface area contributed by atoms with Gasteiger partial charge in [0, 0.05) is 20.2 Å². The van der Waals surface area contributed by atoms with Crippen LogP contribution in [0, 0.1) is 5.82 Å². The molecule has 0 fully saturated rings. The van der Waals surface area contributed by atoms with Gasteiger partial charge in [0.25, 0.3) is 0 Å². The molecule has 20 heavy (non-hydrogen) atoms. The number of ether oxygens (including phenoxy) is 2. The Bertz CT molecular complexity index is 436. The fourth-order valence-electron chi connectivity index (χ4n) is 1.75. The van der Waals surface area contributed by atoms with Crippen LogP contribution in [-0.2, 0) is 16.0 Å². The van der Waals surface area contributed by atoms with Crippen molar-refractivity contribution < 1.29 is 18.7 Å². The Morgan fingerprint density at radius 2 is 2.20 bits per heavy atom. The van der Waals surface area contributed by atoms with Crippen LogP contribution in [0.1, 0.15) is 12.0 Å². The van der Waals surface area contributed by atoms with Crippen LogP contribution < -0.4 is 15.8 Å². The summed E-state index contributed by atoms with van der Waals surface area (Å²) < 4.78 is 23.3. The lowest BCUT2D eigenvalue weighted by Crippen LogP contribution is -2.33. The number of amides is 1. The molecule has 0 saturated carbocycles. The monoisotopic (exact) mass is 284 g/mol. The number of carbonyl (C=O) groups excluding carboxylic acids is 1. The summed E-state index contributed by atoms with van der Waals surface area (Å²) in [4.78, 5) is 11.6. The number of rotatable bonds is 8. The largest absolute Gasteiger partial charge is 0.494 e. The van der Waals surface area contributed by atoms with Gasteiger partial charge in [-0.05, 0) is 24.1 Å². The topological polar surface area (TPSA) is 73.6 Å². The lowest BCUT2D eigenvalue weighted by Gasteiger charge is -2.12. The van der Waals surface area contributed by atoms with Crippen molar-refractivity contribution in [3.8, 4) is 5.75 Å². The Morgan fingerprint density at radius 1 is 1.45 bits per heavy atom. The van der Waals surface area contributed by atoms with E-state index in [2.05, 4.69) is 5.32 Å². The van der Waals surface area contributed by atoms with Crippen LogP contribution in [0.2, 0.25) is 0 Å². The Kier molecular flexibility index (Phi) is 6.97. The van der Waals surface area contributed by atoms with Gasteiger partial charge in [-0.3, -0.25) is 4.79 Å². The molecule has 0 bridgehead atoms. The Labute approximate surface area is 118 Å². The first-order valence-corrected chi connectivity index (χ1v) is 6.42. The predicted molar refractivity (Wildman–Crippen MR) is 74.1 cm³/mol. The molecule has 1 rings (SSSR count). The van der Waals surface area contributed by atoms with Gasteiger partial charge in [0.05, 0.1) is 19.6 Å². The van der Waals surface area contributed by atoms with Crippen molar-refractivity contribution in [2.45, 2.75) is 18.9 Å². The van der Waals surface area contributed by atoms with Gasteiger partial charge in [-0.25, -0.2) is 4.39 Å². The molecule has 5 nitrogen and oxygen atoms in total. The Balaban J connectivity index is 2.37. The fourth-order valence-corrected chi connectivity index (χ4v) is 1.75. The van der Waals surface area contributed by atoms with Crippen LogP contribution in [0.5, 0.6) is 5.75 Å². The third-order valence-corrected chi connectivity index (χ3v) is 2.96. The molecule has 112 valence electrons. The SMILES string of the molecule is COc1ccc(CCNC(=O)CC(CN)OC)cc1F. The maximum atomic E-state index is 13.5. The van der Waals surface area contributed by atoms with Crippen LogP contribution in [0.4, 0.5) is 4.39 Å². The second-order valence-corrected chi connectivity index (χ2v) is 4.37. The molecule has 0 aliphatic carbocycles. The van der Waals surface area contributed by atoms with E-state index in [-0.39, 0.29) is 24.2 Å². The molecule has 0 aliphatic heterocycles. The molecule has 6 heteroatoms. The maximum Gasteiger partial charge on any atom is 0.222 e. The average molecular weight is 284 g/mol. The van der Waals surface area contributed by atoms with Gasteiger partial charge < -0.3 is 20.5 Å². The molecule has 0 saturated heterocycles. The van der Waals surface area contributed by atoms with Gasteiger partial charge in [0.15, 0.2) is 11.6 Å². The molecular weight excluding hydrogens is 263 g/mol. The van der Waals surface area contributed by atoms with Crippen LogP contribution in [0.25, 0.3) is 0 Å². The van der Waals surface area contributed by atoms with Gasteiger partial charge in [-0.2, -0.15) is 0 Å². The first-order valence-electron chi connectivity index (χ1n) is 6.42. The summed E-state index contributed by atoms with van der Waals surface area (Å²) in [5.74, 6) is -0.321. The van der Waals surface area contributed by atoms with Gasteiger partial charge in [0.1, 0.15) is 0 Å². The Morgan fingerprint density at radius 3 is 2.75 bits per heavy atom. The average Bonchev–Trinajstić information content (AvgIpc) is 2.45. The zero-order valence-electron chi connectivity index (χ0n) is 11.8. The minimum absolute atomic E-state index is 0.128. The van der Waals surface area contributed by atoms with E-state index in [4.69, 9.17) is 15.2 Å². The zero-order chi connectivity index (χ0) is 15.0. The van der Waals surface area contributed by atoms with E-state index in [0.29, 0.717) is 19.5 Å². The van der Waals surface area contributed by atoms with E-state index in [1.54, 1.807) is 12.1 Å². The molecule has 0 aliphatic rings. The van der Waals surface area contributed by atoms with Gasteiger partial charge in [0.2, 0.25) is 5.91 Å². The number of carbonyl (C=O) groups is 1. The van der Waals surface area contributed by atoms with Crippen molar-refractivity contribution in [2.24, 2.45) is 5.73 Å². The number of hydrogen-bond donors (Lipinski definition) is 2. The van der Waals surface area contributed by atoms with Crippen molar-refractivity contribution in [3.05, 3.63) is 29.6 Å². The Hall–Kier alpha value is -1.66. The van der Waals surface area contributed by atoms with Crippen molar-refractivity contribution >= 4 is 5.91 Å². The lowest BCUT2D eigenvalue weighted by atomic mass is 10.1. The van der Waals surface area contributed by atoms with Crippen molar-refractivity contribution in [3.63, 3.8) is 0 Å². The van der Waals surface area contributed by atoms with Gasteiger partial charge in [-0.15, -0.1) is 0 Å². The summed E-state index contributed by atoms with van der Waals surface area (Å²) in [6, 6.07) is 4.75. The first kappa shape index (κ1) is 16.4. The molecule has 1 amide bonds. The molecule has 1 aromatic carbocycles. The van der Waals surface area contributed by atoms with Crippen LogP contribution in [0.3, 0.4) is 0 Å². The van der Waals surface area contributed by atoms with E-state index in [0.717, 1.165) is 5.56 Å². The highest BCUT2D eigenvalue weighted by atomic mass is 19.1. The lowest BCUT2D eigenvalue weighted by molar-refractivity contribution is -0.123. The third kappa shape index (κ3) is 5.14. The first-order chi connectivity index (χ1) is 9.60. The molecule has 0 heterocycles. The summed E-state index contributed by atoms with van der Waals surface area (Å²) in [7, 11) is 2.94. The molecule has 0 aromatic heterocycles. The van der Waals surface area contributed by atoms with Gasteiger partial charge in [-0.1, -0.05) is 6.07 Å². The zero-order valence-corrected chi connectivity index (χ0v) is 11.8. The number of nitrogens with two attached hydrogens (primary N) is 1.